The van der Waals surface area contributed by atoms with Gasteiger partial charge in [0.1, 0.15) is 0 Å². The van der Waals surface area contributed by atoms with Gasteiger partial charge in [0.15, 0.2) is 0 Å². The molecule has 2 unspecified atom stereocenters. The molecule has 0 aromatic rings. The SMILES string of the molecule is CC(C)CC1(C(=O)NC2CCCCC2C(=O)O)CCCC1. The molecule has 0 heterocycles. The summed E-state index contributed by atoms with van der Waals surface area (Å²) in [6.07, 6.45) is 8.55. The smallest absolute Gasteiger partial charge is 0.308 e. The van der Waals surface area contributed by atoms with Crippen LogP contribution in [0.5, 0.6) is 0 Å². The van der Waals surface area contributed by atoms with Crippen LogP contribution in [0.2, 0.25) is 0 Å². The van der Waals surface area contributed by atoms with Crippen molar-refractivity contribution in [3.63, 3.8) is 0 Å². The second-order valence-corrected chi connectivity index (χ2v) is 7.39. The van der Waals surface area contributed by atoms with E-state index in [-0.39, 0.29) is 17.4 Å². The third kappa shape index (κ3) is 3.78. The van der Waals surface area contributed by atoms with Gasteiger partial charge >= 0.3 is 5.97 Å². The van der Waals surface area contributed by atoms with Crippen molar-refractivity contribution >= 4 is 11.9 Å². The van der Waals surface area contributed by atoms with Crippen LogP contribution < -0.4 is 5.32 Å². The number of nitrogens with one attached hydrogen (secondary N) is 1. The van der Waals surface area contributed by atoms with Crippen molar-refractivity contribution in [1.29, 1.82) is 0 Å². The van der Waals surface area contributed by atoms with Crippen LogP contribution in [0.15, 0.2) is 0 Å². The summed E-state index contributed by atoms with van der Waals surface area (Å²) in [5, 5.41) is 12.5. The van der Waals surface area contributed by atoms with Crippen LogP contribution in [0.4, 0.5) is 0 Å². The summed E-state index contributed by atoms with van der Waals surface area (Å²) in [7, 11) is 0. The van der Waals surface area contributed by atoms with E-state index in [0.717, 1.165) is 51.4 Å². The molecule has 0 aliphatic heterocycles. The molecule has 2 N–H and O–H groups in total. The molecule has 2 aliphatic rings. The maximum absolute atomic E-state index is 12.8. The lowest BCUT2D eigenvalue weighted by Crippen LogP contribution is -2.50. The van der Waals surface area contributed by atoms with E-state index in [2.05, 4.69) is 19.2 Å². The number of carboxylic acids is 1. The van der Waals surface area contributed by atoms with Gasteiger partial charge in [0, 0.05) is 11.5 Å². The van der Waals surface area contributed by atoms with Crippen LogP contribution in [-0.4, -0.2) is 23.0 Å². The minimum atomic E-state index is -0.760. The van der Waals surface area contributed by atoms with Crippen LogP contribution in [0.25, 0.3) is 0 Å². The van der Waals surface area contributed by atoms with Crippen molar-refractivity contribution in [2.75, 3.05) is 0 Å². The number of carbonyl (C=O) groups is 2. The van der Waals surface area contributed by atoms with Gasteiger partial charge in [-0.25, -0.2) is 0 Å². The summed E-state index contributed by atoms with van der Waals surface area (Å²) >= 11 is 0. The maximum Gasteiger partial charge on any atom is 0.308 e. The Kier molecular flexibility index (Phi) is 5.28. The van der Waals surface area contributed by atoms with Gasteiger partial charge in [-0.3, -0.25) is 9.59 Å². The standard InChI is InChI=1S/C17H29NO3/c1-12(2)11-17(9-5-6-10-17)16(21)18-14-8-4-3-7-13(14)15(19)20/h12-14H,3-11H2,1-2H3,(H,18,21)(H,19,20). The first kappa shape index (κ1) is 16.3. The monoisotopic (exact) mass is 295 g/mol. The zero-order valence-electron chi connectivity index (χ0n) is 13.4. The fourth-order valence-electron chi connectivity index (χ4n) is 4.28. The molecule has 0 saturated heterocycles. The van der Waals surface area contributed by atoms with Gasteiger partial charge < -0.3 is 10.4 Å². The van der Waals surface area contributed by atoms with Gasteiger partial charge in [0.05, 0.1) is 5.92 Å². The van der Waals surface area contributed by atoms with Gasteiger partial charge in [-0.15, -0.1) is 0 Å². The number of aliphatic carboxylic acids is 1. The molecule has 2 aliphatic carbocycles. The maximum atomic E-state index is 12.8. The molecule has 1 amide bonds. The summed E-state index contributed by atoms with van der Waals surface area (Å²) in [6, 6.07) is -0.173. The molecule has 0 aromatic carbocycles. The van der Waals surface area contributed by atoms with Crippen LogP contribution in [0.1, 0.15) is 71.6 Å². The molecule has 0 spiro atoms. The highest BCUT2D eigenvalue weighted by molar-refractivity contribution is 5.84. The molecule has 4 nitrogen and oxygen atoms in total. The minimum Gasteiger partial charge on any atom is -0.481 e. The Morgan fingerprint density at radius 2 is 1.76 bits per heavy atom. The third-order valence-electron chi connectivity index (χ3n) is 5.24. The van der Waals surface area contributed by atoms with E-state index in [1.54, 1.807) is 0 Å². The second kappa shape index (κ2) is 6.80. The van der Waals surface area contributed by atoms with Crippen LogP contribution in [0.3, 0.4) is 0 Å². The van der Waals surface area contributed by atoms with Crippen molar-refractivity contribution < 1.29 is 14.7 Å². The largest absolute Gasteiger partial charge is 0.481 e. The van der Waals surface area contributed by atoms with E-state index in [9.17, 15) is 14.7 Å². The Bertz CT molecular complexity index is 385. The number of carboxylic acid groups (broad SMARTS) is 1. The van der Waals surface area contributed by atoms with E-state index < -0.39 is 11.9 Å². The van der Waals surface area contributed by atoms with Gasteiger partial charge in [0.2, 0.25) is 5.91 Å². The zero-order chi connectivity index (χ0) is 15.5. The van der Waals surface area contributed by atoms with Gasteiger partial charge in [-0.2, -0.15) is 0 Å². The lowest BCUT2D eigenvalue weighted by atomic mass is 9.76. The van der Waals surface area contributed by atoms with Crippen LogP contribution in [0, 0.1) is 17.3 Å². The normalized spacial score (nSPS) is 28.5. The van der Waals surface area contributed by atoms with E-state index in [1.165, 1.54) is 0 Å². The van der Waals surface area contributed by atoms with Crippen LogP contribution in [-0.2, 0) is 9.59 Å². The van der Waals surface area contributed by atoms with Gasteiger partial charge in [0.25, 0.3) is 0 Å². The zero-order valence-corrected chi connectivity index (χ0v) is 13.4. The van der Waals surface area contributed by atoms with Crippen molar-refractivity contribution in [1.82, 2.24) is 5.32 Å². The third-order valence-corrected chi connectivity index (χ3v) is 5.24. The molecule has 2 saturated carbocycles. The second-order valence-electron chi connectivity index (χ2n) is 7.39. The molecule has 0 bridgehead atoms. The molecule has 2 fully saturated rings. The highest BCUT2D eigenvalue weighted by Crippen LogP contribution is 2.43. The van der Waals surface area contributed by atoms with Gasteiger partial charge in [-0.05, 0) is 38.0 Å². The molecule has 2 atom stereocenters. The summed E-state index contributed by atoms with van der Waals surface area (Å²) in [4.78, 5) is 24.2. The Morgan fingerprint density at radius 1 is 1.14 bits per heavy atom. The molecule has 4 heteroatoms. The first-order chi connectivity index (χ1) is 9.94. The molecular weight excluding hydrogens is 266 g/mol. The van der Waals surface area contributed by atoms with Crippen LogP contribution >= 0.6 is 0 Å². The van der Waals surface area contributed by atoms with E-state index in [1.807, 2.05) is 0 Å². The van der Waals surface area contributed by atoms with Crippen molar-refractivity contribution in [3.8, 4) is 0 Å². The molecule has 21 heavy (non-hydrogen) atoms. The van der Waals surface area contributed by atoms with E-state index in [0.29, 0.717) is 12.3 Å². The first-order valence-corrected chi connectivity index (χ1v) is 8.48. The molecule has 120 valence electrons. The number of rotatable bonds is 5. The summed E-state index contributed by atoms with van der Waals surface area (Å²) in [6.45, 7) is 4.32. The summed E-state index contributed by atoms with van der Waals surface area (Å²) in [5.74, 6) is -0.549. The molecule has 0 aromatic heterocycles. The number of carbonyl (C=O) groups excluding carboxylic acids is 1. The van der Waals surface area contributed by atoms with E-state index >= 15 is 0 Å². The lowest BCUT2D eigenvalue weighted by molar-refractivity contribution is -0.144. The highest BCUT2D eigenvalue weighted by Gasteiger charge is 2.43. The Hall–Kier alpha value is -1.06. The number of hydrogen-bond acceptors (Lipinski definition) is 2. The van der Waals surface area contributed by atoms with Crippen molar-refractivity contribution in [2.45, 2.75) is 77.7 Å². The summed E-state index contributed by atoms with van der Waals surface area (Å²) < 4.78 is 0. The average Bonchev–Trinajstić information content (AvgIpc) is 2.88. The highest BCUT2D eigenvalue weighted by atomic mass is 16.4. The Labute approximate surface area is 127 Å². The fraction of sp³-hybridized carbons (Fsp3) is 0.882. The molecule has 2 rings (SSSR count). The number of hydrogen-bond donors (Lipinski definition) is 2. The number of amides is 1. The predicted molar refractivity (Wildman–Crippen MR) is 81.9 cm³/mol. The van der Waals surface area contributed by atoms with E-state index in [4.69, 9.17) is 0 Å². The lowest BCUT2D eigenvalue weighted by Gasteiger charge is -2.35. The van der Waals surface area contributed by atoms with Crippen molar-refractivity contribution in [2.24, 2.45) is 17.3 Å². The fourth-order valence-corrected chi connectivity index (χ4v) is 4.28. The van der Waals surface area contributed by atoms with Crippen molar-refractivity contribution in [3.05, 3.63) is 0 Å². The first-order valence-electron chi connectivity index (χ1n) is 8.48. The summed E-state index contributed by atoms with van der Waals surface area (Å²) in [5.41, 5.74) is -0.241. The predicted octanol–water partition coefficient (Wildman–Crippen LogP) is 3.35. The van der Waals surface area contributed by atoms with Gasteiger partial charge in [-0.1, -0.05) is 39.5 Å². The Morgan fingerprint density at radius 3 is 2.33 bits per heavy atom. The molecular formula is C17H29NO3. The topological polar surface area (TPSA) is 66.4 Å². The average molecular weight is 295 g/mol. The Balaban J connectivity index is 2.05. The minimum absolute atomic E-state index is 0.117. The quantitative estimate of drug-likeness (QED) is 0.817. The molecule has 0 radical (unpaired) electrons.